The van der Waals surface area contributed by atoms with Crippen LogP contribution >= 0.6 is 0 Å². The van der Waals surface area contributed by atoms with Crippen LogP contribution in [0.2, 0.25) is 0 Å². The van der Waals surface area contributed by atoms with Crippen LogP contribution < -0.4 is 0 Å². The minimum atomic E-state index is 0. The van der Waals surface area contributed by atoms with Gasteiger partial charge in [0.1, 0.15) is 0 Å². The van der Waals surface area contributed by atoms with Crippen LogP contribution in [-0.4, -0.2) is 67.9 Å². The summed E-state index contributed by atoms with van der Waals surface area (Å²) in [6.45, 7) is 0. The van der Waals surface area contributed by atoms with Gasteiger partial charge in [0.2, 0.25) is 0 Å². The Hall–Kier alpha value is 1.02. The number of hydrogen-bond donors (Lipinski definition) is 0. The van der Waals surface area contributed by atoms with Crippen molar-refractivity contribution in [3.63, 3.8) is 0 Å². The van der Waals surface area contributed by atoms with E-state index in [9.17, 15) is 0 Å². The van der Waals surface area contributed by atoms with E-state index in [2.05, 4.69) is 0 Å². The van der Waals surface area contributed by atoms with E-state index in [1.165, 1.54) is 0 Å². The van der Waals surface area contributed by atoms with E-state index >= 15 is 0 Å². The van der Waals surface area contributed by atoms with Crippen molar-refractivity contribution < 1.29 is 27.4 Å². The molecule has 0 saturated heterocycles. The summed E-state index contributed by atoms with van der Waals surface area (Å²) < 4.78 is 0. The van der Waals surface area contributed by atoms with E-state index < -0.39 is 0 Å². The first-order valence-corrected chi connectivity index (χ1v) is 0. The van der Waals surface area contributed by atoms with Gasteiger partial charge in [-0.25, -0.2) is 0 Å². The van der Waals surface area contributed by atoms with Gasteiger partial charge in [-0.15, -0.1) is 0 Å². The monoisotopic (exact) mass is 146 g/mol. The van der Waals surface area contributed by atoms with Crippen LogP contribution in [0.5, 0.6) is 0 Å². The molecule has 5 nitrogen and oxygen atoms in total. The molecule has 0 saturated carbocycles. The Kier molecular flexibility index (Phi) is 13400. The van der Waals surface area contributed by atoms with Crippen LogP contribution in [-0.2, 0) is 0 Å². The van der Waals surface area contributed by atoms with Crippen molar-refractivity contribution in [2.75, 3.05) is 0 Å². The molecule has 10 N–H and O–H groups in total. The molecule has 0 unspecified atom stereocenters. The molecule has 0 bridgehead atoms. The molecule has 0 spiro atoms. The molecule has 0 aliphatic rings. The van der Waals surface area contributed by atoms with E-state index in [-0.39, 0.29) is 67.9 Å². The molecule has 0 atom stereocenters. The van der Waals surface area contributed by atoms with Crippen molar-refractivity contribution in [1.82, 2.24) is 0 Å². The molecule has 7 heteroatoms. The molecule has 7 heavy (non-hydrogen) atoms. The van der Waals surface area contributed by atoms with Gasteiger partial charge in [0.25, 0.3) is 0 Å². The van der Waals surface area contributed by atoms with Crippen molar-refractivity contribution in [1.29, 1.82) is 0 Å². The van der Waals surface area contributed by atoms with Gasteiger partial charge in [-0.1, -0.05) is 0 Å². The fourth-order valence-corrected chi connectivity index (χ4v) is 0. The molecule has 0 aromatic rings. The maximum Gasteiger partial charge on any atom is -0.0149 e. The smallest absolute Gasteiger partial charge is 0.0149 e. The fourth-order valence-electron chi connectivity index (χ4n) is 0. The summed E-state index contributed by atoms with van der Waals surface area (Å²) in [7, 11) is 0. The second-order valence-electron chi connectivity index (χ2n) is 0. The molecule has 0 amide bonds. The van der Waals surface area contributed by atoms with E-state index in [1.54, 1.807) is 0 Å². The first-order valence-electron chi connectivity index (χ1n) is 0. The predicted molar refractivity (Wildman–Crippen MR) is 36.6 cm³/mol. The Balaban J connectivity index is 0. The summed E-state index contributed by atoms with van der Waals surface area (Å²) >= 11 is 0. The maximum atomic E-state index is 0. The molecule has 0 aromatic carbocycles. The van der Waals surface area contributed by atoms with Gasteiger partial charge >= 0.3 is 29.6 Å². The molecule has 0 fully saturated rings. The van der Waals surface area contributed by atoms with Crippen LogP contribution in [0, 0.1) is 0 Å². The quantitative estimate of drug-likeness (QED) is 0.298. The molecule has 0 radical (unpaired) electrons. The van der Waals surface area contributed by atoms with Crippen molar-refractivity contribution >= 4 is 40.5 Å². The van der Waals surface area contributed by atoms with Crippen molar-refractivity contribution in [3.05, 3.63) is 0 Å². The van der Waals surface area contributed by atoms with Crippen molar-refractivity contribution in [2.45, 2.75) is 0 Å². The zero-order valence-corrected chi connectivity index (χ0v) is 2.50. The SMILES string of the molecule is O.O.O.O.O.[NaH].[SiH4]. The largest absolute Gasteiger partial charge is 0.0149 e. The summed E-state index contributed by atoms with van der Waals surface area (Å²) in [6.07, 6.45) is 0. The molecule has 50 valence electrons. The first-order chi connectivity index (χ1) is 0. The molecule has 0 aromatic heterocycles. The second-order valence-corrected chi connectivity index (χ2v) is 0. The van der Waals surface area contributed by atoms with Crippen LogP contribution in [0.4, 0.5) is 0 Å². The third-order valence-corrected chi connectivity index (χ3v) is 0. The Bertz CT molecular complexity index is 8.04. The molecular weight excluding hydrogens is 131 g/mol. The minimum absolute atomic E-state index is 0. The Morgan fingerprint density at radius 3 is 0.429 bits per heavy atom. The summed E-state index contributed by atoms with van der Waals surface area (Å²) in [5, 5.41) is 0. The standard InChI is InChI=1S/Na.5H2O.H4Si.H/h;5*1H2;1H4;. The third-order valence-electron chi connectivity index (χ3n) is 0. The average molecular weight is 146 g/mol. The predicted octanol–water partition coefficient (Wildman–Crippen LogP) is -6.22. The first kappa shape index (κ1) is 382. The van der Waals surface area contributed by atoms with Crippen molar-refractivity contribution in [3.8, 4) is 0 Å². The maximum absolute atomic E-state index is 0. The van der Waals surface area contributed by atoms with E-state index in [0.29, 0.717) is 0 Å². The van der Waals surface area contributed by atoms with E-state index in [0.717, 1.165) is 0 Å². The number of hydrogen-bond acceptors (Lipinski definition) is 0. The Morgan fingerprint density at radius 2 is 0.429 bits per heavy atom. The molecule has 0 heterocycles. The molecular formula is H15NaO5Si. The zero-order valence-electron chi connectivity index (χ0n) is 2.50. The summed E-state index contributed by atoms with van der Waals surface area (Å²) in [6, 6.07) is 0. The summed E-state index contributed by atoms with van der Waals surface area (Å²) in [5.41, 5.74) is 0. The van der Waals surface area contributed by atoms with Crippen LogP contribution in [0.15, 0.2) is 0 Å². The van der Waals surface area contributed by atoms with Crippen LogP contribution in [0.1, 0.15) is 0 Å². The Labute approximate surface area is 68.0 Å². The third kappa shape index (κ3) is 171. The van der Waals surface area contributed by atoms with Gasteiger partial charge in [0, 0.05) is 0 Å². The van der Waals surface area contributed by atoms with E-state index in [4.69, 9.17) is 0 Å². The second kappa shape index (κ2) is 246. The minimum Gasteiger partial charge on any atom is -0.0149 e. The van der Waals surface area contributed by atoms with Gasteiger partial charge in [-0.2, -0.15) is 0 Å². The van der Waals surface area contributed by atoms with Crippen LogP contribution in [0.3, 0.4) is 0 Å². The molecule has 0 aliphatic carbocycles. The van der Waals surface area contributed by atoms with Gasteiger partial charge < -0.3 is 27.4 Å². The van der Waals surface area contributed by atoms with Crippen molar-refractivity contribution in [2.24, 2.45) is 0 Å². The Morgan fingerprint density at radius 1 is 0.429 bits per heavy atom. The fraction of sp³-hybridized carbons (Fsp3) is 0. The summed E-state index contributed by atoms with van der Waals surface area (Å²) in [5.74, 6) is 0. The zero-order chi connectivity index (χ0) is 0. The topological polar surface area (TPSA) is 158 Å². The molecule has 0 aliphatic heterocycles. The van der Waals surface area contributed by atoms with E-state index in [1.807, 2.05) is 0 Å². The van der Waals surface area contributed by atoms with Gasteiger partial charge in [-0.3, -0.25) is 0 Å². The normalized spacial score (nSPS) is 0. The number of rotatable bonds is 0. The molecule has 0 rings (SSSR count). The van der Waals surface area contributed by atoms with Gasteiger partial charge in [0.05, 0.1) is 0 Å². The van der Waals surface area contributed by atoms with Crippen LogP contribution in [0.25, 0.3) is 0 Å². The van der Waals surface area contributed by atoms with Gasteiger partial charge in [-0.05, 0) is 11.0 Å². The average Bonchev–Trinajstić information content (AvgIpc) is 0. The summed E-state index contributed by atoms with van der Waals surface area (Å²) in [4.78, 5) is 0. The van der Waals surface area contributed by atoms with Gasteiger partial charge in [0.15, 0.2) is 0 Å².